The smallest absolute Gasteiger partial charge is 0.277 e. The first-order valence-electron chi connectivity index (χ1n) is 7.45. The van der Waals surface area contributed by atoms with E-state index in [-0.39, 0.29) is 12.3 Å². The molecule has 0 aliphatic rings. The molecule has 136 valence electrons. The Bertz CT molecular complexity index is 854. The van der Waals surface area contributed by atoms with E-state index in [1.807, 2.05) is 0 Å². The molecule has 0 saturated heterocycles. The summed E-state index contributed by atoms with van der Waals surface area (Å²) >= 11 is 3.32. The molecular formula is C17H16BrN3O5. The summed E-state index contributed by atoms with van der Waals surface area (Å²) in [5, 5.41) is 14.7. The molecule has 0 fully saturated rings. The van der Waals surface area contributed by atoms with Gasteiger partial charge in [-0.05, 0) is 25.1 Å². The summed E-state index contributed by atoms with van der Waals surface area (Å²) < 4.78 is 11.4. The van der Waals surface area contributed by atoms with Gasteiger partial charge in [0.2, 0.25) is 0 Å². The van der Waals surface area contributed by atoms with Crippen LogP contribution in [0.25, 0.3) is 0 Å². The van der Waals surface area contributed by atoms with E-state index in [1.165, 1.54) is 19.2 Å². The van der Waals surface area contributed by atoms with Gasteiger partial charge < -0.3 is 9.47 Å². The summed E-state index contributed by atoms with van der Waals surface area (Å²) in [4.78, 5) is 22.2. The second kappa shape index (κ2) is 8.95. The maximum atomic E-state index is 11.9. The number of hydrogen-bond acceptors (Lipinski definition) is 6. The summed E-state index contributed by atoms with van der Waals surface area (Å²) in [5.41, 5.74) is 3.28. The number of nitrogens with zero attached hydrogens (tertiary/aromatic N) is 2. The predicted octanol–water partition coefficient (Wildman–Crippen LogP) is 3.29. The summed E-state index contributed by atoms with van der Waals surface area (Å²) in [6.45, 7) is 1.38. The standard InChI is InChI=1S/C17H16BrN3O5/c1-11(12-4-3-5-14(8-12)21(23)24)19-20-17(22)10-26-15-7-6-13(18)9-16(15)25-2/h3-9H,10H2,1-2H3,(H,20,22)/b19-11-. The van der Waals surface area contributed by atoms with Crippen LogP contribution in [0, 0.1) is 10.1 Å². The van der Waals surface area contributed by atoms with E-state index >= 15 is 0 Å². The number of carbonyl (C=O) groups excluding carboxylic acids is 1. The summed E-state index contributed by atoms with van der Waals surface area (Å²) in [6, 6.07) is 11.1. The number of nitro groups is 1. The highest BCUT2D eigenvalue weighted by Crippen LogP contribution is 2.30. The van der Waals surface area contributed by atoms with Crippen LogP contribution < -0.4 is 14.9 Å². The van der Waals surface area contributed by atoms with Crippen molar-refractivity contribution < 1.29 is 19.2 Å². The molecule has 0 aromatic heterocycles. The number of hydrogen-bond donors (Lipinski definition) is 1. The first-order chi connectivity index (χ1) is 12.4. The maximum Gasteiger partial charge on any atom is 0.277 e. The van der Waals surface area contributed by atoms with Crippen LogP contribution in [0.3, 0.4) is 0 Å². The minimum atomic E-state index is -0.491. The molecular weight excluding hydrogens is 406 g/mol. The van der Waals surface area contributed by atoms with Crippen LogP contribution in [0.5, 0.6) is 11.5 Å². The van der Waals surface area contributed by atoms with Gasteiger partial charge in [-0.15, -0.1) is 0 Å². The molecule has 26 heavy (non-hydrogen) atoms. The van der Waals surface area contributed by atoms with Gasteiger partial charge in [-0.2, -0.15) is 5.10 Å². The molecule has 8 nitrogen and oxygen atoms in total. The lowest BCUT2D eigenvalue weighted by Crippen LogP contribution is -2.25. The SMILES string of the molecule is COc1cc(Br)ccc1OCC(=O)N/N=C(/C)c1cccc([N+](=O)[O-])c1. The topological polar surface area (TPSA) is 103 Å². The fourth-order valence-electron chi connectivity index (χ4n) is 1.99. The minimum absolute atomic E-state index is 0.0472. The van der Waals surface area contributed by atoms with E-state index in [1.54, 1.807) is 37.3 Å². The Morgan fingerprint density at radius 1 is 1.27 bits per heavy atom. The highest BCUT2D eigenvalue weighted by Gasteiger charge is 2.10. The van der Waals surface area contributed by atoms with E-state index in [4.69, 9.17) is 9.47 Å². The van der Waals surface area contributed by atoms with Crippen LogP contribution in [0.2, 0.25) is 0 Å². The average molecular weight is 422 g/mol. The number of ether oxygens (including phenoxy) is 2. The number of methoxy groups -OCH3 is 1. The largest absolute Gasteiger partial charge is 0.493 e. The Kier molecular flexibility index (Phi) is 6.67. The van der Waals surface area contributed by atoms with Crippen molar-refractivity contribution in [2.45, 2.75) is 6.92 Å². The van der Waals surface area contributed by atoms with Crippen molar-refractivity contribution in [2.24, 2.45) is 5.10 Å². The quantitative estimate of drug-likeness (QED) is 0.419. The van der Waals surface area contributed by atoms with Crippen molar-refractivity contribution >= 4 is 33.2 Å². The first kappa shape index (κ1) is 19.4. The molecule has 2 aromatic carbocycles. The molecule has 1 amide bonds. The van der Waals surface area contributed by atoms with Gasteiger partial charge in [0, 0.05) is 22.2 Å². The van der Waals surface area contributed by atoms with Crippen molar-refractivity contribution in [1.82, 2.24) is 5.43 Å². The normalized spacial score (nSPS) is 11.0. The molecule has 0 aliphatic heterocycles. The van der Waals surface area contributed by atoms with Crippen LogP contribution in [-0.4, -0.2) is 30.3 Å². The molecule has 0 heterocycles. The van der Waals surface area contributed by atoms with Gasteiger partial charge in [0.15, 0.2) is 18.1 Å². The van der Waals surface area contributed by atoms with Gasteiger partial charge in [-0.25, -0.2) is 5.43 Å². The Morgan fingerprint density at radius 2 is 2.04 bits per heavy atom. The van der Waals surface area contributed by atoms with Gasteiger partial charge in [-0.3, -0.25) is 14.9 Å². The zero-order chi connectivity index (χ0) is 19.1. The zero-order valence-electron chi connectivity index (χ0n) is 14.1. The van der Waals surface area contributed by atoms with Crippen molar-refractivity contribution in [1.29, 1.82) is 0 Å². The number of nitro benzene ring substituents is 1. The highest BCUT2D eigenvalue weighted by molar-refractivity contribution is 9.10. The van der Waals surface area contributed by atoms with Gasteiger partial charge in [0.1, 0.15) is 0 Å². The van der Waals surface area contributed by atoms with E-state index in [0.29, 0.717) is 22.8 Å². The van der Waals surface area contributed by atoms with E-state index < -0.39 is 10.8 Å². The van der Waals surface area contributed by atoms with E-state index in [0.717, 1.165) is 4.47 Å². The van der Waals surface area contributed by atoms with Gasteiger partial charge in [0.25, 0.3) is 11.6 Å². The van der Waals surface area contributed by atoms with Gasteiger partial charge in [0.05, 0.1) is 17.7 Å². The number of carbonyl (C=O) groups is 1. The molecule has 0 spiro atoms. The fourth-order valence-corrected chi connectivity index (χ4v) is 2.33. The molecule has 2 aromatic rings. The Balaban J connectivity index is 1.96. The number of nitrogens with one attached hydrogen (secondary N) is 1. The predicted molar refractivity (Wildman–Crippen MR) is 99.6 cm³/mol. The van der Waals surface area contributed by atoms with E-state index in [2.05, 4.69) is 26.5 Å². The Labute approximate surface area is 158 Å². The molecule has 9 heteroatoms. The molecule has 0 saturated carbocycles. The molecule has 0 radical (unpaired) electrons. The second-order valence-corrected chi connectivity index (χ2v) is 6.04. The minimum Gasteiger partial charge on any atom is -0.493 e. The molecule has 0 atom stereocenters. The summed E-state index contributed by atoms with van der Waals surface area (Å²) in [5.74, 6) is 0.438. The molecule has 2 rings (SSSR count). The van der Waals surface area contributed by atoms with Gasteiger partial charge >= 0.3 is 0 Å². The lowest BCUT2D eigenvalue weighted by molar-refractivity contribution is -0.384. The lowest BCUT2D eigenvalue weighted by Gasteiger charge is -2.10. The number of rotatable bonds is 7. The highest BCUT2D eigenvalue weighted by atomic mass is 79.9. The number of non-ortho nitro benzene ring substituents is 1. The lowest BCUT2D eigenvalue weighted by atomic mass is 10.1. The number of halogens is 1. The first-order valence-corrected chi connectivity index (χ1v) is 8.24. The second-order valence-electron chi connectivity index (χ2n) is 5.12. The monoisotopic (exact) mass is 421 g/mol. The molecule has 0 unspecified atom stereocenters. The third kappa shape index (κ3) is 5.28. The van der Waals surface area contributed by atoms with Crippen LogP contribution in [-0.2, 0) is 4.79 Å². The molecule has 0 bridgehead atoms. The fraction of sp³-hybridized carbons (Fsp3) is 0.176. The maximum absolute atomic E-state index is 11.9. The summed E-state index contributed by atoms with van der Waals surface area (Å²) in [7, 11) is 1.50. The van der Waals surface area contributed by atoms with Crippen LogP contribution in [0.1, 0.15) is 12.5 Å². The number of hydrazone groups is 1. The third-order valence-corrected chi connectivity index (χ3v) is 3.80. The van der Waals surface area contributed by atoms with Crippen molar-refractivity contribution in [3.05, 3.63) is 62.6 Å². The average Bonchev–Trinajstić information content (AvgIpc) is 2.64. The Hall–Kier alpha value is -2.94. The Morgan fingerprint density at radius 3 is 2.73 bits per heavy atom. The zero-order valence-corrected chi connectivity index (χ0v) is 15.6. The van der Waals surface area contributed by atoms with Crippen molar-refractivity contribution in [2.75, 3.05) is 13.7 Å². The van der Waals surface area contributed by atoms with Crippen LogP contribution in [0.4, 0.5) is 5.69 Å². The van der Waals surface area contributed by atoms with Crippen LogP contribution >= 0.6 is 15.9 Å². The van der Waals surface area contributed by atoms with Crippen molar-refractivity contribution in [3.8, 4) is 11.5 Å². The van der Waals surface area contributed by atoms with E-state index in [9.17, 15) is 14.9 Å². The molecule has 1 N–H and O–H groups in total. The van der Waals surface area contributed by atoms with Crippen LogP contribution in [0.15, 0.2) is 52.0 Å². The number of benzene rings is 2. The molecule has 0 aliphatic carbocycles. The van der Waals surface area contributed by atoms with Gasteiger partial charge in [-0.1, -0.05) is 28.1 Å². The third-order valence-electron chi connectivity index (χ3n) is 3.31. The van der Waals surface area contributed by atoms with Crippen molar-refractivity contribution in [3.63, 3.8) is 0 Å². The number of amides is 1. The summed E-state index contributed by atoms with van der Waals surface area (Å²) in [6.07, 6.45) is 0.